The number of halogens is 2. The summed E-state index contributed by atoms with van der Waals surface area (Å²) in [7, 11) is 0. The molecule has 0 aromatic heterocycles. The van der Waals surface area contributed by atoms with Gasteiger partial charge in [0.2, 0.25) is 0 Å². The van der Waals surface area contributed by atoms with Crippen molar-refractivity contribution in [2.24, 2.45) is 5.10 Å². The zero-order chi connectivity index (χ0) is 15.7. The van der Waals surface area contributed by atoms with E-state index in [2.05, 4.69) is 5.10 Å². The largest absolute Gasteiger partial charge is 0.477 e. The highest BCUT2D eigenvalue weighted by molar-refractivity contribution is 6.36. The van der Waals surface area contributed by atoms with Crippen LogP contribution < -0.4 is 5.01 Å². The van der Waals surface area contributed by atoms with Gasteiger partial charge < -0.3 is 5.11 Å². The van der Waals surface area contributed by atoms with Crippen LogP contribution in [0, 0.1) is 11.6 Å². The third kappa shape index (κ3) is 2.55. The molecule has 0 amide bonds. The van der Waals surface area contributed by atoms with Crippen LogP contribution in [0.5, 0.6) is 0 Å². The summed E-state index contributed by atoms with van der Waals surface area (Å²) in [6, 6.07) is 11.6. The Morgan fingerprint density at radius 2 is 1.91 bits per heavy atom. The van der Waals surface area contributed by atoms with Gasteiger partial charge in [-0.3, -0.25) is 5.01 Å². The van der Waals surface area contributed by atoms with Crippen molar-refractivity contribution in [2.75, 3.05) is 5.01 Å². The van der Waals surface area contributed by atoms with Gasteiger partial charge in [0, 0.05) is 12.5 Å². The van der Waals surface area contributed by atoms with Crippen LogP contribution in [-0.4, -0.2) is 16.8 Å². The molecule has 1 unspecified atom stereocenters. The van der Waals surface area contributed by atoms with Crippen molar-refractivity contribution in [1.29, 1.82) is 0 Å². The summed E-state index contributed by atoms with van der Waals surface area (Å²) in [4.78, 5) is 11.2. The fraction of sp³-hybridized carbons (Fsp3) is 0.125. The highest BCUT2D eigenvalue weighted by Gasteiger charge is 2.33. The minimum Gasteiger partial charge on any atom is -0.477 e. The number of hydrogen-bond acceptors (Lipinski definition) is 3. The van der Waals surface area contributed by atoms with Gasteiger partial charge in [0.25, 0.3) is 0 Å². The molecule has 0 bridgehead atoms. The maximum atomic E-state index is 14.0. The minimum atomic E-state index is -1.17. The van der Waals surface area contributed by atoms with Crippen LogP contribution in [0.25, 0.3) is 0 Å². The molecule has 1 heterocycles. The molecule has 3 rings (SSSR count). The van der Waals surface area contributed by atoms with Gasteiger partial charge in [-0.1, -0.05) is 30.3 Å². The van der Waals surface area contributed by atoms with Gasteiger partial charge in [-0.2, -0.15) is 5.10 Å². The Balaban J connectivity index is 2.07. The molecule has 0 spiro atoms. The van der Waals surface area contributed by atoms with E-state index in [0.717, 1.165) is 23.8 Å². The van der Waals surface area contributed by atoms with Crippen molar-refractivity contribution in [3.63, 3.8) is 0 Å². The fourth-order valence-corrected chi connectivity index (χ4v) is 2.46. The van der Waals surface area contributed by atoms with Crippen LogP contribution >= 0.6 is 0 Å². The highest BCUT2D eigenvalue weighted by Crippen LogP contribution is 2.36. The molecule has 6 heteroatoms. The van der Waals surface area contributed by atoms with E-state index in [1.165, 1.54) is 5.01 Å². The number of rotatable bonds is 3. The Morgan fingerprint density at radius 1 is 1.18 bits per heavy atom. The molecule has 0 radical (unpaired) electrons. The van der Waals surface area contributed by atoms with E-state index >= 15 is 0 Å². The average molecular weight is 302 g/mol. The highest BCUT2D eigenvalue weighted by atomic mass is 19.1. The lowest BCUT2D eigenvalue weighted by Crippen LogP contribution is -2.19. The molecule has 1 aliphatic heterocycles. The quantitative estimate of drug-likeness (QED) is 0.946. The molecule has 2 aromatic rings. The number of hydrogen-bond donors (Lipinski definition) is 1. The van der Waals surface area contributed by atoms with Gasteiger partial charge in [-0.15, -0.1) is 0 Å². The summed E-state index contributed by atoms with van der Waals surface area (Å²) in [6.45, 7) is 0. The van der Waals surface area contributed by atoms with E-state index in [-0.39, 0.29) is 17.8 Å². The first-order valence-corrected chi connectivity index (χ1v) is 6.66. The van der Waals surface area contributed by atoms with E-state index in [0.29, 0.717) is 0 Å². The number of aliphatic carboxylic acids is 1. The number of carbonyl (C=O) groups is 1. The average Bonchev–Trinajstić information content (AvgIpc) is 2.96. The summed E-state index contributed by atoms with van der Waals surface area (Å²) in [5.74, 6) is -2.43. The maximum Gasteiger partial charge on any atom is 0.352 e. The predicted octanol–water partition coefficient (Wildman–Crippen LogP) is 3.36. The summed E-state index contributed by atoms with van der Waals surface area (Å²) in [6.07, 6.45) is 0.120. The monoisotopic (exact) mass is 302 g/mol. The normalized spacial score (nSPS) is 17.5. The van der Waals surface area contributed by atoms with Gasteiger partial charge >= 0.3 is 5.97 Å². The number of nitrogens with zero attached hydrogens (tertiary/aromatic N) is 2. The second kappa shape index (κ2) is 5.55. The van der Waals surface area contributed by atoms with Crippen molar-refractivity contribution in [3.05, 3.63) is 65.7 Å². The fourth-order valence-electron chi connectivity index (χ4n) is 2.46. The molecule has 1 aliphatic rings. The van der Waals surface area contributed by atoms with Crippen LogP contribution in [0.4, 0.5) is 14.5 Å². The van der Waals surface area contributed by atoms with Gasteiger partial charge in [0.1, 0.15) is 17.3 Å². The lowest BCUT2D eigenvalue weighted by molar-refractivity contribution is -0.129. The topological polar surface area (TPSA) is 52.9 Å². The smallest absolute Gasteiger partial charge is 0.352 e. The summed E-state index contributed by atoms with van der Waals surface area (Å²) in [5, 5.41) is 14.3. The zero-order valence-electron chi connectivity index (χ0n) is 11.4. The Kier molecular flexibility index (Phi) is 3.58. The zero-order valence-corrected chi connectivity index (χ0v) is 11.4. The van der Waals surface area contributed by atoms with Crippen molar-refractivity contribution in [1.82, 2.24) is 0 Å². The molecule has 0 fully saturated rings. The Labute approximate surface area is 125 Å². The number of benzene rings is 2. The standard InChI is InChI=1S/C16H12F2N2O2/c17-11-6-7-12(18)15(8-11)20-14(9-13(19-20)16(21)22)10-4-2-1-3-5-10/h1-8,14H,9H2,(H,21,22). The third-order valence-corrected chi connectivity index (χ3v) is 3.50. The summed E-state index contributed by atoms with van der Waals surface area (Å²) < 4.78 is 27.4. The molecule has 0 aliphatic carbocycles. The molecule has 2 aromatic carbocycles. The second-order valence-corrected chi connectivity index (χ2v) is 4.92. The number of carboxylic acid groups (broad SMARTS) is 1. The minimum absolute atomic E-state index is 0.0786. The van der Waals surface area contributed by atoms with Gasteiger partial charge in [0.05, 0.1) is 11.7 Å². The molecular weight excluding hydrogens is 290 g/mol. The van der Waals surface area contributed by atoms with Crippen molar-refractivity contribution in [3.8, 4) is 0 Å². The Morgan fingerprint density at radius 3 is 2.59 bits per heavy atom. The molecule has 4 nitrogen and oxygen atoms in total. The van der Waals surface area contributed by atoms with E-state index in [4.69, 9.17) is 5.11 Å². The second-order valence-electron chi connectivity index (χ2n) is 4.92. The third-order valence-electron chi connectivity index (χ3n) is 3.50. The molecule has 1 N–H and O–H groups in total. The first-order valence-electron chi connectivity index (χ1n) is 6.66. The Hall–Kier alpha value is -2.76. The van der Waals surface area contributed by atoms with E-state index < -0.39 is 23.6 Å². The van der Waals surface area contributed by atoms with E-state index in [1.54, 1.807) is 24.3 Å². The lowest BCUT2D eigenvalue weighted by atomic mass is 10.0. The van der Waals surface area contributed by atoms with E-state index in [9.17, 15) is 13.6 Å². The molecule has 22 heavy (non-hydrogen) atoms. The first kappa shape index (κ1) is 14.2. The number of carboxylic acids is 1. The molecule has 112 valence electrons. The van der Waals surface area contributed by atoms with E-state index in [1.807, 2.05) is 6.07 Å². The van der Waals surface area contributed by atoms with Crippen LogP contribution in [0.1, 0.15) is 18.0 Å². The van der Waals surface area contributed by atoms with Gasteiger partial charge in [-0.25, -0.2) is 13.6 Å². The van der Waals surface area contributed by atoms with Crippen LogP contribution in [0.2, 0.25) is 0 Å². The van der Waals surface area contributed by atoms with Crippen molar-refractivity contribution >= 4 is 17.4 Å². The maximum absolute atomic E-state index is 14.0. The van der Waals surface area contributed by atoms with Crippen molar-refractivity contribution in [2.45, 2.75) is 12.5 Å². The van der Waals surface area contributed by atoms with Gasteiger partial charge in [0.15, 0.2) is 0 Å². The predicted molar refractivity (Wildman–Crippen MR) is 77.7 cm³/mol. The Bertz CT molecular complexity index is 747. The molecular formula is C16H12F2N2O2. The SMILES string of the molecule is O=C(O)C1=NN(c2cc(F)ccc2F)C(c2ccccc2)C1. The van der Waals surface area contributed by atoms with Crippen LogP contribution in [-0.2, 0) is 4.79 Å². The number of hydrazone groups is 1. The first-order chi connectivity index (χ1) is 10.6. The van der Waals surface area contributed by atoms with Gasteiger partial charge in [-0.05, 0) is 17.7 Å². The summed E-state index contributed by atoms with van der Waals surface area (Å²) in [5.41, 5.74) is 0.619. The van der Waals surface area contributed by atoms with Crippen LogP contribution in [0.3, 0.4) is 0 Å². The number of anilines is 1. The van der Waals surface area contributed by atoms with Crippen molar-refractivity contribution < 1.29 is 18.7 Å². The lowest BCUT2D eigenvalue weighted by Gasteiger charge is -2.24. The molecule has 0 saturated carbocycles. The molecule has 1 atom stereocenters. The summed E-state index contributed by atoms with van der Waals surface area (Å²) >= 11 is 0. The molecule has 0 saturated heterocycles. The van der Waals surface area contributed by atoms with Crippen LogP contribution in [0.15, 0.2) is 53.6 Å².